The number of thiophene rings is 1. The molecule has 2 rings (SSSR count). The van der Waals surface area contributed by atoms with Gasteiger partial charge in [0.2, 0.25) is 5.95 Å². The Morgan fingerprint density at radius 1 is 1.50 bits per heavy atom. The summed E-state index contributed by atoms with van der Waals surface area (Å²) in [6.07, 6.45) is 3.11. The van der Waals surface area contributed by atoms with E-state index in [1.807, 2.05) is 11.4 Å². The number of nitrogens with zero attached hydrogens (tertiary/aromatic N) is 2. The molecule has 2 aromatic rings. The Hall–Kier alpha value is -1.40. The van der Waals surface area contributed by atoms with Crippen LogP contribution >= 0.6 is 11.3 Å². The first-order valence-corrected chi connectivity index (χ1v) is 7.00. The lowest BCUT2D eigenvalue weighted by Gasteiger charge is -2.17. The highest BCUT2D eigenvalue weighted by atomic mass is 32.1. The minimum Gasteiger partial charge on any atom is -0.394 e. The monoisotopic (exact) mass is 266 g/mol. The van der Waals surface area contributed by atoms with Crippen molar-refractivity contribution in [2.75, 3.05) is 17.7 Å². The van der Waals surface area contributed by atoms with Gasteiger partial charge >= 0.3 is 0 Å². The van der Waals surface area contributed by atoms with Crippen LogP contribution in [0, 0.1) is 0 Å². The van der Waals surface area contributed by atoms with Gasteiger partial charge in [-0.3, -0.25) is 0 Å². The Balaban J connectivity index is 2.21. The molecule has 2 aromatic heterocycles. The number of fused-ring (bicyclic) bond motifs is 1. The van der Waals surface area contributed by atoms with E-state index >= 15 is 0 Å². The van der Waals surface area contributed by atoms with Crippen LogP contribution in [0.5, 0.6) is 0 Å². The number of aromatic nitrogens is 2. The zero-order valence-corrected chi connectivity index (χ0v) is 11.2. The lowest BCUT2D eigenvalue weighted by molar-refractivity contribution is 0.267. The van der Waals surface area contributed by atoms with Crippen LogP contribution in [-0.4, -0.2) is 27.7 Å². The van der Waals surface area contributed by atoms with Crippen molar-refractivity contribution in [1.29, 1.82) is 0 Å². The highest BCUT2D eigenvalue weighted by molar-refractivity contribution is 7.17. The predicted octanol–water partition coefficient (Wildman–Crippen LogP) is 2.24. The van der Waals surface area contributed by atoms with Gasteiger partial charge in [0.15, 0.2) is 0 Å². The van der Waals surface area contributed by atoms with E-state index in [0.29, 0.717) is 0 Å². The van der Waals surface area contributed by atoms with Gasteiger partial charge in [-0.25, -0.2) is 4.98 Å². The number of hydrogen-bond donors (Lipinski definition) is 3. The van der Waals surface area contributed by atoms with Gasteiger partial charge in [-0.05, 0) is 17.9 Å². The van der Waals surface area contributed by atoms with Gasteiger partial charge < -0.3 is 16.2 Å². The summed E-state index contributed by atoms with van der Waals surface area (Å²) in [6, 6.07) is 1.94. The molecular weight excluding hydrogens is 248 g/mol. The molecule has 2 heterocycles. The minimum absolute atomic E-state index is 0.0181. The highest BCUT2D eigenvalue weighted by Gasteiger charge is 2.12. The van der Waals surface area contributed by atoms with E-state index in [4.69, 9.17) is 5.73 Å². The van der Waals surface area contributed by atoms with Gasteiger partial charge in [0.25, 0.3) is 0 Å². The lowest BCUT2D eigenvalue weighted by Crippen LogP contribution is -2.24. The van der Waals surface area contributed by atoms with Gasteiger partial charge in [0, 0.05) is 0 Å². The molecule has 0 saturated heterocycles. The first-order chi connectivity index (χ1) is 8.74. The second-order valence-electron chi connectivity index (χ2n) is 4.23. The van der Waals surface area contributed by atoms with Crippen LogP contribution in [0.1, 0.15) is 26.2 Å². The van der Waals surface area contributed by atoms with Crippen LogP contribution in [0.2, 0.25) is 0 Å². The molecule has 6 heteroatoms. The number of aliphatic hydroxyl groups is 1. The topological polar surface area (TPSA) is 84.1 Å². The van der Waals surface area contributed by atoms with E-state index in [-0.39, 0.29) is 18.6 Å². The Morgan fingerprint density at radius 3 is 3.06 bits per heavy atom. The molecule has 0 saturated carbocycles. The molecule has 0 spiro atoms. The van der Waals surface area contributed by atoms with Gasteiger partial charge in [0.1, 0.15) is 5.82 Å². The van der Waals surface area contributed by atoms with E-state index < -0.39 is 0 Å². The van der Waals surface area contributed by atoms with Crippen LogP contribution in [-0.2, 0) is 0 Å². The second kappa shape index (κ2) is 5.97. The minimum atomic E-state index is 0.0181. The lowest BCUT2D eigenvalue weighted by atomic mass is 10.1. The van der Waals surface area contributed by atoms with Gasteiger partial charge in [0.05, 0.1) is 22.9 Å². The summed E-state index contributed by atoms with van der Waals surface area (Å²) in [5.41, 5.74) is 6.53. The van der Waals surface area contributed by atoms with Crippen molar-refractivity contribution < 1.29 is 5.11 Å². The van der Waals surface area contributed by atoms with Crippen LogP contribution in [0.4, 0.5) is 11.8 Å². The number of anilines is 2. The maximum Gasteiger partial charge on any atom is 0.222 e. The van der Waals surface area contributed by atoms with E-state index in [1.54, 1.807) is 11.3 Å². The fourth-order valence-corrected chi connectivity index (χ4v) is 2.62. The average molecular weight is 266 g/mol. The van der Waals surface area contributed by atoms with Crippen molar-refractivity contribution >= 4 is 33.3 Å². The van der Waals surface area contributed by atoms with E-state index in [1.165, 1.54) is 0 Å². The van der Waals surface area contributed by atoms with E-state index in [0.717, 1.165) is 35.3 Å². The quantitative estimate of drug-likeness (QED) is 0.746. The average Bonchev–Trinajstić information content (AvgIpc) is 2.82. The molecule has 0 aromatic carbocycles. The zero-order valence-electron chi connectivity index (χ0n) is 10.4. The summed E-state index contributed by atoms with van der Waals surface area (Å²) in [4.78, 5) is 8.39. The normalized spacial score (nSPS) is 12.8. The third-order valence-electron chi connectivity index (χ3n) is 2.79. The zero-order chi connectivity index (χ0) is 13.0. The smallest absolute Gasteiger partial charge is 0.222 e. The molecule has 5 nitrogen and oxygen atoms in total. The first kappa shape index (κ1) is 13.0. The number of aliphatic hydroxyl groups excluding tert-OH is 1. The summed E-state index contributed by atoms with van der Waals surface area (Å²) < 4.78 is 0.985. The van der Waals surface area contributed by atoms with Crippen LogP contribution in [0.3, 0.4) is 0 Å². The Labute approximate surface area is 110 Å². The van der Waals surface area contributed by atoms with Gasteiger partial charge in [-0.1, -0.05) is 19.8 Å². The summed E-state index contributed by atoms with van der Waals surface area (Å²) in [5.74, 6) is 0.984. The van der Waals surface area contributed by atoms with Crippen molar-refractivity contribution in [2.24, 2.45) is 0 Å². The fourth-order valence-electron chi connectivity index (χ4n) is 1.83. The molecule has 4 N–H and O–H groups in total. The van der Waals surface area contributed by atoms with Crippen LogP contribution in [0.25, 0.3) is 10.2 Å². The molecule has 0 radical (unpaired) electrons. The Morgan fingerprint density at radius 2 is 2.33 bits per heavy atom. The molecule has 18 heavy (non-hydrogen) atoms. The second-order valence-corrected chi connectivity index (χ2v) is 5.15. The highest BCUT2D eigenvalue weighted by Crippen LogP contribution is 2.27. The van der Waals surface area contributed by atoms with E-state index in [2.05, 4.69) is 22.2 Å². The maximum atomic E-state index is 9.37. The van der Waals surface area contributed by atoms with Gasteiger partial charge in [-0.15, -0.1) is 11.3 Å². The maximum absolute atomic E-state index is 9.37. The number of nitrogen functional groups attached to an aromatic ring is 1. The first-order valence-electron chi connectivity index (χ1n) is 6.12. The molecule has 0 aliphatic rings. The summed E-state index contributed by atoms with van der Waals surface area (Å²) in [7, 11) is 0. The Bertz CT molecular complexity index is 514. The molecule has 0 bridgehead atoms. The molecule has 98 valence electrons. The number of nitrogens with two attached hydrogens (primary N) is 1. The number of nitrogens with one attached hydrogen (secondary N) is 1. The summed E-state index contributed by atoms with van der Waals surface area (Å²) >= 11 is 1.57. The van der Waals surface area contributed by atoms with Crippen molar-refractivity contribution in [3.05, 3.63) is 11.4 Å². The number of unbranched alkanes of at least 4 members (excludes halogenated alkanes) is 1. The largest absolute Gasteiger partial charge is 0.394 e. The van der Waals surface area contributed by atoms with Crippen molar-refractivity contribution in [3.63, 3.8) is 0 Å². The van der Waals surface area contributed by atoms with Crippen LogP contribution in [0.15, 0.2) is 11.4 Å². The fraction of sp³-hybridized carbons (Fsp3) is 0.500. The Kier molecular flexibility index (Phi) is 4.33. The molecule has 0 aliphatic heterocycles. The predicted molar refractivity (Wildman–Crippen MR) is 75.8 cm³/mol. The molecule has 0 unspecified atom stereocenters. The summed E-state index contributed by atoms with van der Waals surface area (Å²) in [5, 5.41) is 14.6. The summed E-state index contributed by atoms with van der Waals surface area (Å²) in [6.45, 7) is 2.23. The van der Waals surface area contributed by atoms with Gasteiger partial charge in [-0.2, -0.15) is 4.98 Å². The third-order valence-corrected chi connectivity index (χ3v) is 3.70. The van der Waals surface area contributed by atoms with E-state index in [9.17, 15) is 5.11 Å². The molecule has 0 aliphatic carbocycles. The SMILES string of the molecule is CCCC[C@@H](CO)Nc1nc(N)nc2ccsc12. The number of hydrogen-bond acceptors (Lipinski definition) is 6. The number of rotatable bonds is 6. The molecule has 0 fully saturated rings. The molecule has 0 amide bonds. The third kappa shape index (κ3) is 2.88. The van der Waals surface area contributed by atoms with Crippen molar-refractivity contribution in [2.45, 2.75) is 32.2 Å². The van der Waals surface area contributed by atoms with Crippen molar-refractivity contribution in [1.82, 2.24) is 9.97 Å². The standard InChI is InChI=1S/C12H18N4OS/c1-2-3-4-8(7-17)14-11-10-9(5-6-18-10)15-12(13)16-11/h5-6,8,17H,2-4,7H2,1H3,(H3,13,14,15,16)/t8-/m0/s1. The van der Waals surface area contributed by atoms with Crippen molar-refractivity contribution in [3.8, 4) is 0 Å². The molecular formula is C12H18N4OS. The van der Waals surface area contributed by atoms with Crippen LogP contribution < -0.4 is 11.1 Å². The molecule has 1 atom stereocenters.